The number of carbonyl (C=O) groups is 1. The maximum atomic E-state index is 14.8. The number of aliphatic hydroxyl groups is 1. The fraction of sp³-hybridized carbons (Fsp3) is 0.933. The Balaban J connectivity index is 3.89. The summed E-state index contributed by atoms with van der Waals surface area (Å²) in [6, 6.07) is 0. The van der Waals surface area contributed by atoms with Crippen LogP contribution in [0.4, 0.5) is 43.9 Å². The molecule has 14 heteroatoms. The summed E-state index contributed by atoms with van der Waals surface area (Å²) >= 11 is 0. The molecular weight excluding hydrogens is 434 g/mol. The normalized spacial score (nSPS) is 32.7. The van der Waals surface area contributed by atoms with Crippen LogP contribution in [0.25, 0.3) is 0 Å². The van der Waals surface area contributed by atoms with Gasteiger partial charge in [0.15, 0.2) is 0 Å². The summed E-state index contributed by atoms with van der Waals surface area (Å²) in [4.78, 5) is 12.0. The number of rotatable bonds is 4. The van der Waals surface area contributed by atoms with Gasteiger partial charge in [0.05, 0.1) is 5.41 Å². The van der Waals surface area contributed by atoms with E-state index in [2.05, 4.69) is 9.47 Å². The fourth-order valence-electron chi connectivity index (χ4n) is 2.55. The fourth-order valence-corrected chi connectivity index (χ4v) is 2.55. The standard InChI is InChI=1S/C15H18F10O4/c1-5-9(3,4)8(26)29-14(15(23,24)25)13(21,22)10(27,6-2)11(16,17)7(28-14)12(18,19)20/h7,27H,5-6H2,1-4H3. The highest BCUT2D eigenvalue weighted by molar-refractivity contribution is 5.76. The first-order valence-corrected chi connectivity index (χ1v) is 8.11. The number of carbonyl (C=O) groups excluding carboxylic acids is 1. The van der Waals surface area contributed by atoms with Crippen molar-refractivity contribution in [3.8, 4) is 0 Å². The molecule has 1 aliphatic heterocycles. The highest BCUT2D eigenvalue weighted by Crippen LogP contribution is 2.63. The zero-order valence-corrected chi connectivity index (χ0v) is 15.4. The number of esters is 1. The van der Waals surface area contributed by atoms with Gasteiger partial charge in [-0.3, -0.25) is 4.79 Å². The molecule has 0 amide bonds. The zero-order chi connectivity index (χ0) is 23.5. The summed E-state index contributed by atoms with van der Waals surface area (Å²) in [6.45, 7) is 3.38. The maximum Gasteiger partial charge on any atom is 0.462 e. The average Bonchev–Trinajstić information content (AvgIpc) is 2.53. The lowest BCUT2D eigenvalue weighted by Crippen LogP contribution is -2.83. The minimum atomic E-state index is -6.64. The highest BCUT2D eigenvalue weighted by atomic mass is 19.4. The maximum absolute atomic E-state index is 14.8. The van der Waals surface area contributed by atoms with Crippen molar-refractivity contribution in [2.45, 2.75) is 82.2 Å². The zero-order valence-electron chi connectivity index (χ0n) is 15.4. The number of hydrogen-bond donors (Lipinski definition) is 1. The van der Waals surface area contributed by atoms with Crippen molar-refractivity contribution < 1.29 is 63.3 Å². The van der Waals surface area contributed by atoms with Crippen LogP contribution in [0.2, 0.25) is 0 Å². The van der Waals surface area contributed by atoms with E-state index in [1.807, 2.05) is 0 Å². The van der Waals surface area contributed by atoms with Crippen molar-refractivity contribution in [3.05, 3.63) is 0 Å². The van der Waals surface area contributed by atoms with Crippen molar-refractivity contribution in [2.75, 3.05) is 0 Å². The molecule has 3 unspecified atom stereocenters. The Labute approximate surface area is 158 Å². The van der Waals surface area contributed by atoms with E-state index in [1.165, 1.54) is 6.92 Å². The van der Waals surface area contributed by atoms with Crippen LogP contribution in [0.5, 0.6) is 0 Å². The number of halogens is 10. The lowest BCUT2D eigenvalue weighted by molar-refractivity contribution is -0.532. The van der Waals surface area contributed by atoms with Gasteiger partial charge in [-0.15, -0.1) is 0 Å². The molecule has 1 rings (SSSR count). The molecular formula is C15H18F10O4. The van der Waals surface area contributed by atoms with Crippen molar-refractivity contribution in [2.24, 2.45) is 5.41 Å². The molecule has 1 fully saturated rings. The lowest BCUT2D eigenvalue weighted by atomic mass is 9.75. The van der Waals surface area contributed by atoms with Crippen LogP contribution in [0.3, 0.4) is 0 Å². The molecule has 0 aromatic heterocycles. The topological polar surface area (TPSA) is 55.8 Å². The second-order valence-corrected chi connectivity index (χ2v) is 7.19. The minimum Gasteiger partial charge on any atom is -0.417 e. The van der Waals surface area contributed by atoms with Crippen LogP contribution in [0.15, 0.2) is 0 Å². The third kappa shape index (κ3) is 3.45. The van der Waals surface area contributed by atoms with Gasteiger partial charge >= 0.3 is 36.0 Å². The molecule has 172 valence electrons. The second-order valence-electron chi connectivity index (χ2n) is 7.19. The molecule has 1 aliphatic rings. The van der Waals surface area contributed by atoms with Crippen molar-refractivity contribution in [3.63, 3.8) is 0 Å². The molecule has 0 radical (unpaired) electrons. The van der Waals surface area contributed by atoms with E-state index in [0.717, 1.165) is 13.8 Å². The molecule has 0 aromatic carbocycles. The van der Waals surface area contributed by atoms with E-state index in [0.29, 0.717) is 6.92 Å². The predicted octanol–water partition coefficient (Wildman–Crippen LogP) is 4.60. The van der Waals surface area contributed by atoms with Crippen LogP contribution in [0, 0.1) is 5.41 Å². The Bertz CT molecular complexity index is 642. The first-order valence-electron chi connectivity index (χ1n) is 8.11. The number of alkyl halides is 10. The minimum absolute atomic E-state index is 0.317. The highest BCUT2D eigenvalue weighted by Gasteiger charge is 2.92. The molecule has 1 saturated heterocycles. The quantitative estimate of drug-likeness (QED) is 0.501. The summed E-state index contributed by atoms with van der Waals surface area (Å²) in [6.07, 6.45) is -20.1. The van der Waals surface area contributed by atoms with Gasteiger partial charge in [0.25, 0.3) is 0 Å². The Kier molecular flexibility index (Phi) is 6.08. The second kappa shape index (κ2) is 6.86. The summed E-state index contributed by atoms with van der Waals surface area (Å²) in [5, 5.41) is 9.77. The van der Waals surface area contributed by atoms with Gasteiger partial charge in [0, 0.05) is 0 Å². The van der Waals surface area contributed by atoms with Gasteiger partial charge in [-0.05, 0) is 26.7 Å². The van der Waals surface area contributed by atoms with E-state index >= 15 is 0 Å². The van der Waals surface area contributed by atoms with Gasteiger partial charge < -0.3 is 14.6 Å². The molecule has 0 aromatic rings. The van der Waals surface area contributed by atoms with Crippen LogP contribution in [-0.4, -0.2) is 52.8 Å². The first kappa shape index (κ1) is 25.7. The molecule has 4 nitrogen and oxygen atoms in total. The molecule has 0 spiro atoms. The van der Waals surface area contributed by atoms with Crippen LogP contribution in [0.1, 0.15) is 40.5 Å². The Morgan fingerprint density at radius 3 is 1.79 bits per heavy atom. The van der Waals surface area contributed by atoms with E-state index < -0.39 is 59.5 Å². The van der Waals surface area contributed by atoms with E-state index in [4.69, 9.17) is 0 Å². The first-order chi connectivity index (χ1) is 12.6. The molecule has 0 bridgehead atoms. The van der Waals surface area contributed by atoms with Gasteiger partial charge in [0.2, 0.25) is 11.7 Å². The monoisotopic (exact) mass is 452 g/mol. The van der Waals surface area contributed by atoms with Crippen LogP contribution in [-0.2, 0) is 14.3 Å². The largest absolute Gasteiger partial charge is 0.462 e. The predicted molar refractivity (Wildman–Crippen MR) is 75.0 cm³/mol. The Morgan fingerprint density at radius 2 is 1.48 bits per heavy atom. The van der Waals surface area contributed by atoms with E-state index in [-0.39, 0.29) is 6.42 Å². The Hall–Kier alpha value is -1.31. The lowest BCUT2D eigenvalue weighted by Gasteiger charge is -2.55. The molecule has 1 N–H and O–H groups in total. The molecule has 29 heavy (non-hydrogen) atoms. The SMILES string of the molecule is CCC(C)(C)C(=O)OC1(C(F)(F)F)OC(C(F)(F)F)C(F)(F)C(O)(CC)C1(F)F. The Morgan fingerprint density at radius 1 is 1.03 bits per heavy atom. The van der Waals surface area contributed by atoms with E-state index in [1.54, 1.807) is 0 Å². The average molecular weight is 452 g/mol. The summed E-state index contributed by atoms with van der Waals surface area (Å²) < 4.78 is 145. The smallest absolute Gasteiger partial charge is 0.417 e. The molecule has 1 heterocycles. The summed E-state index contributed by atoms with van der Waals surface area (Å²) in [7, 11) is 0. The number of hydrogen-bond acceptors (Lipinski definition) is 4. The third-order valence-electron chi connectivity index (χ3n) is 4.95. The molecule has 0 saturated carbocycles. The van der Waals surface area contributed by atoms with Crippen LogP contribution >= 0.6 is 0 Å². The van der Waals surface area contributed by atoms with Gasteiger partial charge in [0.1, 0.15) is 0 Å². The van der Waals surface area contributed by atoms with Crippen molar-refractivity contribution in [1.82, 2.24) is 0 Å². The van der Waals surface area contributed by atoms with Gasteiger partial charge in [-0.25, -0.2) is 0 Å². The van der Waals surface area contributed by atoms with E-state index in [9.17, 15) is 53.8 Å². The van der Waals surface area contributed by atoms with Gasteiger partial charge in [-0.1, -0.05) is 13.8 Å². The van der Waals surface area contributed by atoms with Crippen molar-refractivity contribution in [1.29, 1.82) is 0 Å². The summed E-state index contributed by atoms with van der Waals surface area (Å²) in [5.74, 6) is -20.1. The van der Waals surface area contributed by atoms with Crippen LogP contribution < -0.4 is 0 Å². The molecule has 0 aliphatic carbocycles. The third-order valence-corrected chi connectivity index (χ3v) is 4.95. The molecule has 3 atom stereocenters. The van der Waals surface area contributed by atoms with Crippen molar-refractivity contribution >= 4 is 5.97 Å². The summed E-state index contributed by atoms with van der Waals surface area (Å²) in [5.41, 5.74) is -7.15. The van der Waals surface area contributed by atoms with Gasteiger partial charge in [-0.2, -0.15) is 43.9 Å². The number of ether oxygens (including phenoxy) is 2.